The van der Waals surface area contributed by atoms with Gasteiger partial charge in [-0.05, 0) is 50.8 Å². The minimum absolute atomic E-state index is 0.135. The lowest BCUT2D eigenvalue weighted by molar-refractivity contribution is -0.192. The smallest absolute Gasteiger partial charge is 0.334 e. The predicted octanol–water partition coefficient (Wildman–Crippen LogP) is 3.73. The quantitative estimate of drug-likeness (QED) is 0.232. The molecule has 0 spiro atoms. The fourth-order valence-electron chi connectivity index (χ4n) is 6.54. The van der Waals surface area contributed by atoms with Gasteiger partial charge in [0.25, 0.3) is 0 Å². The van der Waals surface area contributed by atoms with Crippen LogP contribution in [-0.4, -0.2) is 60.0 Å². The Kier molecular flexibility index (Phi) is 7.31. The molecule has 0 N–H and O–H groups in total. The molecule has 9 heteroatoms. The maximum atomic E-state index is 12.9. The summed E-state index contributed by atoms with van der Waals surface area (Å²) in [6.45, 7) is 12.1. The van der Waals surface area contributed by atoms with E-state index in [1.807, 2.05) is 33.8 Å². The van der Waals surface area contributed by atoms with E-state index >= 15 is 0 Å². The fraction of sp³-hybridized carbons (Fsp3) is 0.714. The molecular formula is C28H38O9. The van der Waals surface area contributed by atoms with E-state index in [9.17, 15) is 19.2 Å². The van der Waals surface area contributed by atoms with E-state index in [1.54, 1.807) is 6.92 Å². The van der Waals surface area contributed by atoms with Crippen molar-refractivity contribution in [2.24, 2.45) is 11.3 Å². The average molecular weight is 519 g/mol. The standard InChI is InChI=1S/C28H38O9/c1-8-9-25(31)36-22-12-19(33-16(4)29)14(2)10-20-18(15(3)26(32)35-20)11-21-27(22,6)23(34-17(5)30)13-24-28(21,7)37-24/h10,19-24H,8-9,11-13H2,1-7H3. The topological polar surface area (TPSA) is 118 Å². The zero-order chi connectivity index (χ0) is 27.3. The highest BCUT2D eigenvalue weighted by Crippen LogP contribution is 2.63. The van der Waals surface area contributed by atoms with Crippen molar-refractivity contribution >= 4 is 23.9 Å². The molecular weight excluding hydrogens is 480 g/mol. The number of hydrogen-bond donors (Lipinski definition) is 0. The van der Waals surface area contributed by atoms with Crippen LogP contribution in [-0.2, 0) is 42.9 Å². The van der Waals surface area contributed by atoms with E-state index in [0.29, 0.717) is 30.4 Å². The van der Waals surface area contributed by atoms with Crippen LogP contribution in [0.2, 0.25) is 0 Å². The molecule has 8 atom stereocenters. The van der Waals surface area contributed by atoms with Gasteiger partial charge in [-0.3, -0.25) is 14.4 Å². The summed E-state index contributed by atoms with van der Waals surface area (Å²) in [5, 5.41) is 0. The minimum atomic E-state index is -0.906. The number of rotatable bonds is 5. The van der Waals surface area contributed by atoms with Crippen molar-refractivity contribution in [1.29, 1.82) is 0 Å². The molecule has 8 unspecified atom stereocenters. The van der Waals surface area contributed by atoms with Crippen LogP contribution in [0.1, 0.15) is 80.6 Å². The van der Waals surface area contributed by atoms with Gasteiger partial charge in [-0.15, -0.1) is 0 Å². The van der Waals surface area contributed by atoms with Crippen LogP contribution in [0.3, 0.4) is 0 Å². The summed E-state index contributed by atoms with van der Waals surface area (Å²) in [6, 6.07) is 0. The summed E-state index contributed by atoms with van der Waals surface area (Å²) in [4.78, 5) is 49.9. The summed E-state index contributed by atoms with van der Waals surface area (Å²) in [5.74, 6) is -1.97. The molecule has 1 saturated heterocycles. The molecule has 1 saturated carbocycles. The van der Waals surface area contributed by atoms with Gasteiger partial charge in [-0.2, -0.15) is 0 Å². The van der Waals surface area contributed by atoms with E-state index in [4.69, 9.17) is 23.7 Å². The highest BCUT2D eigenvalue weighted by molar-refractivity contribution is 5.92. The third-order valence-corrected chi connectivity index (χ3v) is 8.72. The normalized spacial score (nSPS) is 38.8. The van der Waals surface area contributed by atoms with E-state index in [1.165, 1.54) is 13.8 Å². The molecule has 0 amide bonds. The molecule has 4 aliphatic rings. The second kappa shape index (κ2) is 9.89. The lowest BCUT2D eigenvalue weighted by Crippen LogP contribution is -2.59. The van der Waals surface area contributed by atoms with Crippen molar-refractivity contribution in [2.75, 3.05) is 0 Å². The molecule has 9 nitrogen and oxygen atoms in total. The van der Waals surface area contributed by atoms with Crippen LogP contribution in [0.15, 0.2) is 22.8 Å². The Bertz CT molecular complexity index is 1060. The van der Waals surface area contributed by atoms with Crippen LogP contribution in [0.25, 0.3) is 0 Å². The first kappa shape index (κ1) is 27.4. The van der Waals surface area contributed by atoms with Crippen LogP contribution in [0, 0.1) is 11.3 Å². The zero-order valence-electron chi connectivity index (χ0n) is 22.8. The number of fused-ring (bicyclic) bond motifs is 4. The van der Waals surface area contributed by atoms with E-state index in [0.717, 1.165) is 5.57 Å². The van der Waals surface area contributed by atoms with Crippen molar-refractivity contribution < 1.29 is 42.9 Å². The number of hydrogen-bond acceptors (Lipinski definition) is 9. The van der Waals surface area contributed by atoms with Crippen molar-refractivity contribution in [3.05, 3.63) is 22.8 Å². The second-order valence-corrected chi connectivity index (χ2v) is 11.2. The van der Waals surface area contributed by atoms with Crippen LogP contribution in [0.5, 0.6) is 0 Å². The number of carbonyl (C=O) groups excluding carboxylic acids is 4. The SMILES string of the molecule is CCCC(=O)OC1CC(OC(C)=O)C(C)=CC2OC(=O)C(C)=C2CC2C3(C)OC3CC(OC(C)=O)C12C. The molecule has 4 rings (SSSR count). The van der Waals surface area contributed by atoms with Gasteiger partial charge in [-0.25, -0.2) is 4.79 Å². The van der Waals surface area contributed by atoms with Crippen LogP contribution < -0.4 is 0 Å². The van der Waals surface area contributed by atoms with E-state index < -0.39 is 53.3 Å². The Morgan fingerprint density at radius 3 is 2.30 bits per heavy atom. The van der Waals surface area contributed by atoms with Gasteiger partial charge >= 0.3 is 23.9 Å². The summed E-state index contributed by atoms with van der Waals surface area (Å²) in [6.07, 6.45) is 0.855. The number of carbonyl (C=O) groups is 4. The zero-order valence-corrected chi connectivity index (χ0v) is 22.8. The highest BCUT2D eigenvalue weighted by atomic mass is 16.6. The summed E-state index contributed by atoms with van der Waals surface area (Å²) in [5.41, 5.74) is 0.540. The Morgan fingerprint density at radius 2 is 1.68 bits per heavy atom. The van der Waals surface area contributed by atoms with Crippen molar-refractivity contribution in [2.45, 2.75) is 117 Å². The van der Waals surface area contributed by atoms with Gasteiger partial charge in [0.05, 0.1) is 11.7 Å². The Labute approximate surface area is 217 Å². The maximum Gasteiger partial charge on any atom is 0.334 e. The largest absolute Gasteiger partial charge is 0.462 e. The Hall–Kier alpha value is -2.68. The van der Waals surface area contributed by atoms with Gasteiger partial charge in [0.2, 0.25) is 0 Å². The van der Waals surface area contributed by atoms with Crippen molar-refractivity contribution in [1.82, 2.24) is 0 Å². The highest BCUT2D eigenvalue weighted by Gasteiger charge is 2.72. The number of epoxide rings is 1. The molecule has 2 heterocycles. The second-order valence-electron chi connectivity index (χ2n) is 11.2. The van der Waals surface area contributed by atoms with Gasteiger partial charge in [0.1, 0.15) is 24.4 Å². The van der Waals surface area contributed by atoms with Gasteiger partial charge in [0, 0.05) is 50.0 Å². The van der Waals surface area contributed by atoms with E-state index in [2.05, 4.69) is 0 Å². The first-order valence-corrected chi connectivity index (χ1v) is 13.1. The third kappa shape index (κ3) is 4.94. The molecule has 0 aromatic heterocycles. The number of ether oxygens (including phenoxy) is 5. The average Bonchev–Trinajstić information content (AvgIpc) is 3.38. The number of esters is 4. The Morgan fingerprint density at radius 1 is 1.03 bits per heavy atom. The van der Waals surface area contributed by atoms with Crippen LogP contribution >= 0.6 is 0 Å². The molecule has 37 heavy (non-hydrogen) atoms. The predicted molar refractivity (Wildman–Crippen MR) is 131 cm³/mol. The molecule has 0 bridgehead atoms. The van der Waals surface area contributed by atoms with E-state index in [-0.39, 0.29) is 30.8 Å². The fourth-order valence-corrected chi connectivity index (χ4v) is 6.54. The summed E-state index contributed by atoms with van der Waals surface area (Å²) < 4.78 is 29.7. The third-order valence-electron chi connectivity index (χ3n) is 8.72. The van der Waals surface area contributed by atoms with Crippen molar-refractivity contribution in [3.63, 3.8) is 0 Å². The minimum Gasteiger partial charge on any atom is -0.462 e. The Balaban J connectivity index is 1.91. The first-order valence-electron chi connectivity index (χ1n) is 13.1. The molecule has 2 aliphatic carbocycles. The van der Waals surface area contributed by atoms with Crippen LogP contribution in [0.4, 0.5) is 0 Å². The summed E-state index contributed by atoms with van der Waals surface area (Å²) in [7, 11) is 0. The summed E-state index contributed by atoms with van der Waals surface area (Å²) >= 11 is 0. The molecule has 204 valence electrons. The molecule has 2 aliphatic heterocycles. The molecule has 0 aromatic rings. The molecule has 0 aromatic carbocycles. The lowest BCUT2D eigenvalue weighted by atomic mass is 9.55. The molecule has 2 fully saturated rings. The maximum absolute atomic E-state index is 12.9. The van der Waals surface area contributed by atoms with Gasteiger partial charge < -0.3 is 23.7 Å². The van der Waals surface area contributed by atoms with Crippen molar-refractivity contribution in [3.8, 4) is 0 Å². The monoisotopic (exact) mass is 518 g/mol. The first-order chi connectivity index (χ1) is 17.3. The van der Waals surface area contributed by atoms with Gasteiger partial charge in [0.15, 0.2) is 0 Å². The van der Waals surface area contributed by atoms with Gasteiger partial charge in [-0.1, -0.05) is 13.8 Å². The molecule has 0 radical (unpaired) electrons. The lowest BCUT2D eigenvalue weighted by Gasteiger charge is -2.52.